The van der Waals surface area contributed by atoms with Crippen LogP contribution in [0.15, 0.2) is 0 Å². The van der Waals surface area contributed by atoms with E-state index in [4.69, 9.17) is 5.11 Å². The Bertz CT molecular complexity index is 358. The minimum atomic E-state index is -3.09. The molecule has 2 aliphatic rings. The van der Waals surface area contributed by atoms with Crippen molar-refractivity contribution in [2.75, 3.05) is 12.3 Å². The molecule has 0 spiro atoms. The fraction of sp³-hybridized carbons (Fsp3) is 0.889. The molecular formula is C9H15NO4S. The summed E-state index contributed by atoms with van der Waals surface area (Å²) in [6.45, 7) is 0.569. The van der Waals surface area contributed by atoms with Crippen molar-refractivity contribution in [1.29, 1.82) is 0 Å². The van der Waals surface area contributed by atoms with Gasteiger partial charge in [0.2, 0.25) is 10.0 Å². The van der Waals surface area contributed by atoms with Crippen LogP contribution in [-0.2, 0) is 14.8 Å². The first-order chi connectivity index (χ1) is 7.00. The molecule has 1 aliphatic heterocycles. The Morgan fingerprint density at radius 1 is 1.27 bits per heavy atom. The standard InChI is InChI=1S/C9H15NO4S/c11-9(12)7-5-8(6-7)10-3-1-2-4-15(10,13)14/h7-8H,1-6H2,(H,11,12). The Labute approximate surface area is 89.1 Å². The van der Waals surface area contributed by atoms with E-state index in [9.17, 15) is 13.2 Å². The Morgan fingerprint density at radius 3 is 2.47 bits per heavy atom. The van der Waals surface area contributed by atoms with E-state index in [0.717, 1.165) is 12.8 Å². The van der Waals surface area contributed by atoms with E-state index in [1.807, 2.05) is 0 Å². The molecule has 5 nitrogen and oxygen atoms in total. The number of aliphatic carboxylic acids is 1. The lowest BCUT2D eigenvalue weighted by molar-refractivity contribution is -0.146. The lowest BCUT2D eigenvalue weighted by Crippen LogP contribution is -2.52. The van der Waals surface area contributed by atoms with E-state index in [0.29, 0.717) is 19.4 Å². The largest absolute Gasteiger partial charge is 0.481 e. The molecule has 0 amide bonds. The molecule has 86 valence electrons. The van der Waals surface area contributed by atoms with Crippen LogP contribution < -0.4 is 0 Å². The zero-order valence-corrected chi connectivity index (χ0v) is 9.24. The van der Waals surface area contributed by atoms with Gasteiger partial charge in [0, 0.05) is 12.6 Å². The average molecular weight is 233 g/mol. The summed E-state index contributed by atoms with van der Waals surface area (Å²) < 4.78 is 24.9. The lowest BCUT2D eigenvalue weighted by Gasteiger charge is -2.41. The van der Waals surface area contributed by atoms with Gasteiger partial charge < -0.3 is 5.11 Å². The third-order valence-electron chi connectivity index (χ3n) is 3.26. The van der Waals surface area contributed by atoms with Crippen molar-refractivity contribution in [2.45, 2.75) is 31.7 Å². The summed E-state index contributed by atoms with van der Waals surface area (Å²) in [7, 11) is -3.09. The van der Waals surface area contributed by atoms with Crippen molar-refractivity contribution in [3.05, 3.63) is 0 Å². The Kier molecular flexibility index (Phi) is 2.72. The first kappa shape index (κ1) is 10.9. The van der Waals surface area contributed by atoms with E-state index in [2.05, 4.69) is 0 Å². The highest BCUT2D eigenvalue weighted by molar-refractivity contribution is 7.89. The number of sulfonamides is 1. The van der Waals surface area contributed by atoms with Gasteiger partial charge in [-0.1, -0.05) is 0 Å². The number of carbonyl (C=O) groups is 1. The molecule has 2 rings (SSSR count). The van der Waals surface area contributed by atoms with Crippen LogP contribution in [0.2, 0.25) is 0 Å². The van der Waals surface area contributed by atoms with Crippen molar-refractivity contribution in [3.63, 3.8) is 0 Å². The monoisotopic (exact) mass is 233 g/mol. The average Bonchev–Trinajstić information content (AvgIpc) is 2.04. The molecular weight excluding hydrogens is 218 g/mol. The number of hydrogen-bond donors (Lipinski definition) is 1. The van der Waals surface area contributed by atoms with E-state index < -0.39 is 16.0 Å². The minimum absolute atomic E-state index is 0.0589. The molecule has 0 unspecified atom stereocenters. The zero-order chi connectivity index (χ0) is 11.1. The summed E-state index contributed by atoms with van der Waals surface area (Å²) in [5.41, 5.74) is 0. The molecule has 0 bridgehead atoms. The molecule has 0 radical (unpaired) electrons. The second-order valence-electron chi connectivity index (χ2n) is 4.29. The third kappa shape index (κ3) is 2.01. The van der Waals surface area contributed by atoms with Gasteiger partial charge in [-0.25, -0.2) is 8.42 Å². The number of hydrogen-bond acceptors (Lipinski definition) is 3. The van der Waals surface area contributed by atoms with Gasteiger partial charge in [0.15, 0.2) is 0 Å². The maximum Gasteiger partial charge on any atom is 0.306 e. The topological polar surface area (TPSA) is 74.7 Å². The molecule has 1 heterocycles. The van der Waals surface area contributed by atoms with Gasteiger partial charge in [0.05, 0.1) is 11.7 Å². The lowest BCUT2D eigenvalue weighted by atomic mass is 9.80. The highest BCUT2D eigenvalue weighted by Crippen LogP contribution is 2.35. The summed E-state index contributed by atoms with van der Waals surface area (Å²) >= 11 is 0. The quantitative estimate of drug-likeness (QED) is 0.743. The van der Waals surface area contributed by atoms with E-state index in [1.165, 1.54) is 4.31 Å². The molecule has 0 atom stereocenters. The van der Waals surface area contributed by atoms with Crippen molar-refractivity contribution in [2.24, 2.45) is 5.92 Å². The molecule has 1 saturated heterocycles. The Hall–Kier alpha value is -0.620. The van der Waals surface area contributed by atoms with Gasteiger partial charge >= 0.3 is 5.97 Å². The summed E-state index contributed by atoms with van der Waals surface area (Å²) in [6, 6.07) is -0.0589. The third-order valence-corrected chi connectivity index (χ3v) is 5.26. The Morgan fingerprint density at radius 2 is 1.93 bits per heavy atom. The predicted octanol–water partition coefficient (Wildman–Crippen LogP) is 0.275. The van der Waals surface area contributed by atoms with Crippen LogP contribution in [0.3, 0.4) is 0 Å². The maximum absolute atomic E-state index is 11.7. The van der Waals surface area contributed by atoms with Gasteiger partial charge in [-0.15, -0.1) is 0 Å². The molecule has 2 fully saturated rings. The van der Waals surface area contributed by atoms with Crippen molar-refractivity contribution < 1.29 is 18.3 Å². The number of carboxylic acid groups (broad SMARTS) is 1. The first-order valence-electron chi connectivity index (χ1n) is 5.23. The van der Waals surface area contributed by atoms with Crippen LogP contribution in [0.5, 0.6) is 0 Å². The van der Waals surface area contributed by atoms with Crippen molar-refractivity contribution in [1.82, 2.24) is 4.31 Å². The van der Waals surface area contributed by atoms with Gasteiger partial charge in [-0.05, 0) is 25.7 Å². The second-order valence-corrected chi connectivity index (χ2v) is 6.34. The van der Waals surface area contributed by atoms with Crippen molar-refractivity contribution in [3.8, 4) is 0 Å². The van der Waals surface area contributed by atoms with E-state index in [1.54, 1.807) is 0 Å². The van der Waals surface area contributed by atoms with E-state index in [-0.39, 0.29) is 17.7 Å². The van der Waals surface area contributed by atoms with Crippen LogP contribution in [0.4, 0.5) is 0 Å². The summed E-state index contributed by atoms with van der Waals surface area (Å²) in [5, 5.41) is 8.71. The molecule has 0 aromatic rings. The van der Waals surface area contributed by atoms with Crippen LogP contribution >= 0.6 is 0 Å². The highest BCUT2D eigenvalue weighted by Gasteiger charge is 2.42. The van der Waals surface area contributed by atoms with Gasteiger partial charge in [0.1, 0.15) is 0 Å². The van der Waals surface area contributed by atoms with Gasteiger partial charge in [-0.2, -0.15) is 4.31 Å². The highest BCUT2D eigenvalue weighted by atomic mass is 32.2. The second kappa shape index (κ2) is 3.75. The molecule has 1 N–H and O–H groups in total. The summed E-state index contributed by atoms with van der Waals surface area (Å²) in [6.07, 6.45) is 2.59. The maximum atomic E-state index is 11.7. The first-order valence-corrected chi connectivity index (χ1v) is 6.84. The molecule has 6 heteroatoms. The SMILES string of the molecule is O=C(O)C1CC(N2CCCCS2(=O)=O)C1. The Balaban J connectivity index is 1.98. The van der Waals surface area contributed by atoms with Crippen LogP contribution in [0.25, 0.3) is 0 Å². The van der Waals surface area contributed by atoms with Crippen LogP contribution in [0.1, 0.15) is 25.7 Å². The number of nitrogens with zero attached hydrogens (tertiary/aromatic N) is 1. The predicted molar refractivity (Wildman–Crippen MR) is 53.9 cm³/mol. The molecule has 1 saturated carbocycles. The fourth-order valence-corrected chi connectivity index (χ4v) is 4.08. The normalized spacial score (nSPS) is 35.7. The minimum Gasteiger partial charge on any atom is -0.481 e. The smallest absolute Gasteiger partial charge is 0.306 e. The van der Waals surface area contributed by atoms with E-state index >= 15 is 0 Å². The zero-order valence-electron chi connectivity index (χ0n) is 8.42. The number of rotatable bonds is 2. The molecule has 15 heavy (non-hydrogen) atoms. The van der Waals surface area contributed by atoms with Crippen LogP contribution in [0, 0.1) is 5.92 Å². The van der Waals surface area contributed by atoms with Crippen molar-refractivity contribution >= 4 is 16.0 Å². The fourth-order valence-electron chi connectivity index (χ4n) is 2.24. The molecule has 0 aromatic heterocycles. The number of carboxylic acids is 1. The molecule has 0 aromatic carbocycles. The van der Waals surface area contributed by atoms with Crippen LogP contribution in [-0.4, -0.2) is 42.1 Å². The van der Waals surface area contributed by atoms with Gasteiger partial charge in [0.25, 0.3) is 0 Å². The molecule has 1 aliphatic carbocycles. The summed E-state index contributed by atoms with van der Waals surface area (Å²) in [5.74, 6) is -0.922. The summed E-state index contributed by atoms with van der Waals surface area (Å²) in [4.78, 5) is 10.6. The van der Waals surface area contributed by atoms with Gasteiger partial charge in [-0.3, -0.25) is 4.79 Å².